The molecule has 2 aliphatic heterocycles. The molecule has 2 atom stereocenters. The number of piperazine rings is 1. The molecule has 1 amide bonds. The van der Waals surface area contributed by atoms with Crippen LogP contribution < -0.4 is 10.2 Å². The van der Waals surface area contributed by atoms with E-state index in [1.54, 1.807) is 24.3 Å². The Hall–Kier alpha value is -4.31. The molecule has 2 bridgehead atoms. The molecular weight excluding hydrogens is 482 g/mol. The highest BCUT2D eigenvalue weighted by Gasteiger charge is 2.42. The number of likely N-dealkylation sites (tertiary alicyclic amines) is 1. The van der Waals surface area contributed by atoms with Gasteiger partial charge in [0.15, 0.2) is 0 Å². The lowest BCUT2D eigenvalue weighted by Crippen LogP contribution is -2.45. The molecule has 10 nitrogen and oxygen atoms in total. The summed E-state index contributed by atoms with van der Waals surface area (Å²) in [5, 5.41) is 11.9. The normalized spacial score (nSPS) is 18.8. The summed E-state index contributed by atoms with van der Waals surface area (Å²) in [6, 6.07) is 14.9. The van der Waals surface area contributed by atoms with Crippen LogP contribution in [0.5, 0.6) is 0 Å². The second kappa shape index (κ2) is 9.53. The smallest absolute Gasteiger partial charge is 0.335 e. The lowest BCUT2D eigenvalue weighted by atomic mass is 10.1. The number of carboxylic acids is 1. The fraction of sp³-hybridized carbons (Fsp3) is 0.321. The van der Waals surface area contributed by atoms with Crippen molar-refractivity contribution in [1.82, 2.24) is 29.7 Å². The zero-order chi connectivity index (χ0) is 26.4. The number of nitrogens with one attached hydrogen (secondary N) is 1. The van der Waals surface area contributed by atoms with Gasteiger partial charge < -0.3 is 19.9 Å². The highest BCUT2D eigenvalue weighted by Crippen LogP contribution is 2.32. The van der Waals surface area contributed by atoms with Gasteiger partial charge >= 0.3 is 5.97 Å². The molecule has 4 heterocycles. The Morgan fingerprint density at radius 3 is 2.50 bits per heavy atom. The van der Waals surface area contributed by atoms with E-state index in [0.717, 1.165) is 47.2 Å². The summed E-state index contributed by atoms with van der Waals surface area (Å²) in [5.41, 5.74) is 4.15. The van der Waals surface area contributed by atoms with Crippen LogP contribution in [0.1, 0.15) is 44.2 Å². The average molecular weight is 512 g/mol. The maximum Gasteiger partial charge on any atom is 0.335 e. The van der Waals surface area contributed by atoms with Crippen molar-refractivity contribution in [3.05, 3.63) is 82.9 Å². The first-order valence-electron chi connectivity index (χ1n) is 12.7. The van der Waals surface area contributed by atoms with Crippen LogP contribution in [0.15, 0.2) is 54.7 Å². The fourth-order valence-corrected chi connectivity index (χ4v) is 5.49. The van der Waals surface area contributed by atoms with Gasteiger partial charge in [0.1, 0.15) is 5.82 Å². The van der Waals surface area contributed by atoms with Crippen molar-refractivity contribution in [3.63, 3.8) is 0 Å². The van der Waals surface area contributed by atoms with Gasteiger partial charge in [-0.15, -0.1) is 0 Å². The minimum absolute atomic E-state index is 0.213. The lowest BCUT2D eigenvalue weighted by Gasteiger charge is -2.31. The van der Waals surface area contributed by atoms with Crippen molar-refractivity contribution in [2.24, 2.45) is 7.05 Å². The first-order chi connectivity index (χ1) is 18.4. The number of aryl methyl sites for hydroxylation is 1. The van der Waals surface area contributed by atoms with Gasteiger partial charge in [0.25, 0.3) is 5.91 Å². The van der Waals surface area contributed by atoms with Crippen molar-refractivity contribution in [2.45, 2.75) is 31.5 Å². The maximum absolute atomic E-state index is 12.8. The predicted octanol–water partition coefficient (Wildman–Crippen LogP) is 2.47. The Morgan fingerprint density at radius 2 is 1.79 bits per heavy atom. The summed E-state index contributed by atoms with van der Waals surface area (Å²) in [5.74, 6) is 0.462. The molecule has 1 unspecified atom stereocenters. The molecule has 0 spiro atoms. The molecule has 10 heteroatoms. The van der Waals surface area contributed by atoms with E-state index in [-0.39, 0.29) is 11.5 Å². The zero-order valence-electron chi connectivity index (χ0n) is 21.3. The van der Waals surface area contributed by atoms with Crippen LogP contribution in [0.25, 0.3) is 11.0 Å². The monoisotopic (exact) mass is 511 g/mol. The fourth-order valence-electron chi connectivity index (χ4n) is 5.49. The summed E-state index contributed by atoms with van der Waals surface area (Å²) < 4.78 is 2.04. The van der Waals surface area contributed by atoms with Crippen LogP contribution in [0.3, 0.4) is 0 Å². The van der Waals surface area contributed by atoms with E-state index in [4.69, 9.17) is 15.1 Å². The van der Waals surface area contributed by atoms with Crippen LogP contribution in [-0.4, -0.2) is 73.6 Å². The molecule has 2 fully saturated rings. The van der Waals surface area contributed by atoms with Gasteiger partial charge in [-0.25, -0.2) is 19.7 Å². The number of aromatic carboxylic acids is 1. The minimum atomic E-state index is -0.977. The number of imidazole rings is 1. The lowest BCUT2D eigenvalue weighted by molar-refractivity contribution is 0.0696. The van der Waals surface area contributed by atoms with Gasteiger partial charge in [0, 0.05) is 56.9 Å². The molecule has 2 aromatic carbocycles. The van der Waals surface area contributed by atoms with E-state index in [1.807, 2.05) is 29.9 Å². The van der Waals surface area contributed by atoms with Gasteiger partial charge in [-0.1, -0.05) is 12.1 Å². The van der Waals surface area contributed by atoms with Crippen LogP contribution in [0.2, 0.25) is 0 Å². The van der Waals surface area contributed by atoms with Crippen LogP contribution in [-0.2, 0) is 20.0 Å². The molecule has 0 radical (unpaired) electrons. The van der Waals surface area contributed by atoms with Crippen LogP contribution in [0, 0.1) is 0 Å². The van der Waals surface area contributed by atoms with Crippen LogP contribution >= 0.6 is 0 Å². The SMILES string of the molecule is CN1CC2C[C@H]1CN2c1nccc(Cc2nc3cc(C(=O)NCc4ccc(C(=O)O)cc4)ccc3n2C)n1. The molecule has 2 aromatic heterocycles. The van der Waals surface area contributed by atoms with Crippen molar-refractivity contribution >= 4 is 28.9 Å². The van der Waals surface area contributed by atoms with Gasteiger partial charge in [0.2, 0.25) is 5.95 Å². The number of benzene rings is 2. The van der Waals surface area contributed by atoms with E-state index in [0.29, 0.717) is 30.6 Å². The summed E-state index contributed by atoms with van der Waals surface area (Å²) in [4.78, 5) is 42.8. The number of rotatable bonds is 7. The summed E-state index contributed by atoms with van der Waals surface area (Å²) >= 11 is 0. The second-order valence-electron chi connectivity index (χ2n) is 10.1. The standard InChI is InChI=1S/C28H29N7O3/c1-33-15-22-13-21(33)16-35(22)28-29-10-9-20(31-28)12-25-32-23-11-19(7-8-24(23)34(25)2)26(36)30-14-17-3-5-18(6-4-17)27(37)38/h3-11,21-22H,12-16H2,1-2H3,(H,30,36)(H,37,38)/t21-,22?/m0/s1. The number of carbonyl (C=O) groups excluding carboxylic acids is 1. The number of hydrogen-bond acceptors (Lipinski definition) is 7. The Morgan fingerprint density at radius 1 is 1.00 bits per heavy atom. The maximum atomic E-state index is 12.8. The van der Waals surface area contributed by atoms with E-state index in [1.165, 1.54) is 18.6 Å². The quantitative estimate of drug-likeness (QED) is 0.389. The van der Waals surface area contributed by atoms with Crippen molar-refractivity contribution in [3.8, 4) is 0 Å². The summed E-state index contributed by atoms with van der Waals surface area (Å²) in [6.45, 7) is 2.32. The molecule has 2 aliphatic rings. The number of carboxylic acid groups (broad SMARTS) is 1. The minimum Gasteiger partial charge on any atom is -0.478 e. The van der Waals surface area contributed by atoms with E-state index >= 15 is 0 Å². The van der Waals surface area contributed by atoms with Gasteiger partial charge in [-0.2, -0.15) is 0 Å². The topological polar surface area (TPSA) is 116 Å². The first-order valence-corrected chi connectivity index (χ1v) is 12.7. The zero-order valence-corrected chi connectivity index (χ0v) is 21.3. The Balaban J connectivity index is 1.15. The number of amides is 1. The number of likely N-dealkylation sites (N-methyl/N-ethyl adjacent to an activating group) is 1. The highest BCUT2D eigenvalue weighted by atomic mass is 16.4. The second-order valence-corrected chi connectivity index (χ2v) is 10.1. The van der Waals surface area contributed by atoms with E-state index in [9.17, 15) is 9.59 Å². The number of anilines is 1. The molecule has 6 rings (SSSR count). The third-order valence-corrected chi connectivity index (χ3v) is 7.70. The number of fused-ring (bicyclic) bond motifs is 3. The van der Waals surface area contributed by atoms with Crippen molar-refractivity contribution in [2.75, 3.05) is 25.0 Å². The molecule has 194 valence electrons. The number of hydrogen-bond donors (Lipinski definition) is 2. The van der Waals surface area contributed by atoms with Gasteiger partial charge in [0.05, 0.1) is 22.3 Å². The molecule has 38 heavy (non-hydrogen) atoms. The van der Waals surface area contributed by atoms with E-state index in [2.05, 4.69) is 27.1 Å². The molecule has 2 N–H and O–H groups in total. The van der Waals surface area contributed by atoms with Crippen LogP contribution in [0.4, 0.5) is 5.95 Å². The number of nitrogens with zero attached hydrogens (tertiary/aromatic N) is 6. The summed E-state index contributed by atoms with van der Waals surface area (Å²) in [6.07, 6.45) is 3.56. The highest BCUT2D eigenvalue weighted by molar-refractivity contribution is 5.97. The Kier molecular flexibility index (Phi) is 6.03. The Bertz CT molecular complexity index is 1530. The van der Waals surface area contributed by atoms with Crippen molar-refractivity contribution in [1.29, 1.82) is 0 Å². The third kappa shape index (κ3) is 4.47. The molecule has 0 saturated carbocycles. The molecule has 0 aliphatic carbocycles. The molecule has 4 aromatic rings. The average Bonchev–Trinajstić information content (AvgIpc) is 3.60. The predicted molar refractivity (Wildman–Crippen MR) is 142 cm³/mol. The number of aromatic nitrogens is 4. The largest absolute Gasteiger partial charge is 0.478 e. The Labute approximate surface area is 219 Å². The summed E-state index contributed by atoms with van der Waals surface area (Å²) in [7, 11) is 4.16. The van der Waals surface area contributed by atoms with Crippen molar-refractivity contribution < 1.29 is 14.7 Å². The third-order valence-electron chi connectivity index (χ3n) is 7.70. The molecule has 2 saturated heterocycles. The first kappa shape index (κ1) is 24.1. The van der Waals surface area contributed by atoms with Gasteiger partial charge in [-0.05, 0) is 55.4 Å². The van der Waals surface area contributed by atoms with E-state index < -0.39 is 5.97 Å². The van der Waals surface area contributed by atoms with Gasteiger partial charge in [-0.3, -0.25) is 9.69 Å². The molecular formula is C28H29N7O3. The number of carbonyl (C=O) groups is 2.